The zero-order chi connectivity index (χ0) is 13.2. The maximum atomic E-state index is 5.69. The van der Waals surface area contributed by atoms with Crippen LogP contribution in [0.5, 0.6) is 0 Å². The quantitative estimate of drug-likeness (QED) is 0.623. The number of hydrazine groups is 1. The Balaban J connectivity index is 3.02. The highest BCUT2D eigenvalue weighted by atomic mass is 15.2. The normalized spacial score (nSPS) is 13.8. The van der Waals surface area contributed by atoms with Crippen LogP contribution < -0.4 is 11.3 Å². The van der Waals surface area contributed by atoms with Crippen molar-refractivity contribution in [1.82, 2.24) is 5.43 Å². The van der Waals surface area contributed by atoms with Crippen molar-refractivity contribution >= 4 is 0 Å². The van der Waals surface area contributed by atoms with Gasteiger partial charge in [-0.1, -0.05) is 38.5 Å². The number of rotatable bonds is 3. The Hall–Kier alpha value is -0.860. The molecule has 0 bridgehead atoms. The van der Waals surface area contributed by atoms with E-state index >= 15 is 0 Å². The first-order chi connectivity index (χ1) is 7.75. The Morgan fingerprint density at radius 3 is 1.94 bits per heavy atom. The molecule has 0 fully saturated rings. The van der Waals surface area contributed by atoms with Gasteiger partial charge < -0.3 is 0 Å². The molecule has 1 atom stereocenters. The lowest BCUT2D eigenvalue weighted by Crippen LogP contribution is -2.46. The standard InChI is InChI=1S/C15H26N2/c1-10-7-11(2)13(12(3)8-10)9-14(17-16)15(4,5)6/h7-8,14,17H,9,16H2,1-6H3. The number of benzene rings is 1. The summed E-state index contributed by atoms with van der Waals surface area (Å²) in [6, 6.07) is 4.79. The first-order valence-corrected chi connectivity index (χ1v) is 6.28. The molecule has 17 heavy (non-hydrogen) atoms. The highest BCUT2D eigenvalue weighted by molar-refractivity contribution is 5.38. The summed E-state index contributed by atoms with van der Waals surface area (Å²) in [6.45, 7) is 13.2. The lowest BCUT2D eigenvalue weighted by Gasteiger charge is -2.31. The monoisotopic (exact) mass is 234 g/mol. The molecule has 2 heteroatoms. The predicted molar refractivity (Wildman–Crippen MR) is 74.9 cm³/mol. The second kappa shape index (κ2) is 5.19. The van der Waals surface area contributed by atoms with Crippen LogP contribution in [0.3, 0.4) is 0 Å². The molecule has 96 valence electrons. The molecule has 0 aliphatic carbocycles. The Bertz CT molecular complexity index is 365. The molecule has 1 aromatic rings. The van der Waals surface area contributed by atoms with Gasteiger partial charge in [0.25, 0.3) is 0 Å². The molecule has 1 aromatic carbocycles. The van der Waals surface area contributed by atoms with Crippen LogP contribution >= 0.6 is 0 Å². The van der Waals surface area contributed by atoms with E-state index in [2.05, 4.69) is 59.1 Å². The number of nitrogens with two attached hydrogens (primary N) is 1. The van der Waals surface area contributed by atoms with Gasteiger partial charge in [0.2, 0.25) is 0 Å². The fraction of sp³-hybridized carbons (Fsp3) is 0.600. The van der Waals surface area contributed by atoms with Crippen LogP contribution in [0.2, 0.25) is 0 Å². The van der Waals surface area contributed by atoms with Crippen molar-refractivity contribution in [3.05, 3.63) is 34.4 Å². The van der Waals surface area contributed by atoms with Gasteiger partial charge in [-0.15, -0.1) is 0 Å². The fourth-order valence-electron chi connectivity index (χ4n) is 2.35. The number of aryl methyl sites for hydroxylation is 3. The molecular weight excluding hydrogens is 208 g/mol. The Labute approximate surface area is 106 Å². The summed E-state index contributed by atoms with van der Waals surface area (Å²) in [5.41, 5.74) is 8.61. The minimum Gasteiger partial charge on any atom is -0.271 e. The number of hydrogen-bond acceptors (Lipinski definition) is 2. The van der Waals surface area contributed by atoms with Gasteiger partial charge in [-0.05, 0) is 49.3 Å². The molecule has 0 aromatic heterocycles. The fourth-order valence-corrected chi connectivity index (χ4v) is 2.35. The molecule has 0 saturated heterocycles. The summed E-state index contributed by atoms with van der Waals surface area (Å²) in [5.74, 6) is 5.69. The molecule has 2 nitrogen and oxygen atoms in total. The number of nitrogens with one attached hydrogen (secondary N) is 1. The minimum atomic E-state index is 0.165. The van der Waals surface area contributed by atoms with Crippen LogP contribution in [0.15, 0.2) is 12.1 Å². The van der Waals surface area contributed by atoms with Crippen molar-refractivity contribution < 1.29 is 0 Å². The van der Waals surface area contributed by atoms with Crippen LogP contribution in [0.4, 0.5) is 0 Å². The summed E-state index contributed by atoms with van der Waals surface area (Å²) in [7, 11) is 0. The average molecular weight is 234 g/mol. The van der Waals surface area contributed by atoms with Crippen LogP contribution in [-0.2, 0) is 6.42 Å². The summed E-state index contributed by atoms with van der Waals surface area (Å²) in [5, 5.41) is 0. The van der Waals surface area contributed by atoms with Crippen molar-refractivity contribution in [2.75, 3.05) is 0 Å². The van der Waals surface area contributed by atoms with E-state index in [1.54, 1.807) is 0 Å². The van der Waals surface area contributed by atoms with Gasteiger partial charge in [0.1, 0.15) is 0 Å². The molecule has 0 saturated carbocycles. The van der Waals surface area contributed by atoms with E-state index in [0.717, 1.165) is 6.42 Å². The van der Waals surface area contributed by atoms with E-state index in [0.29, 0.717) is 6.04 Å². The molecular formula is C15H26N2. The zero-order valence-corrected chi connectivity index (χ0v) is 12.0. The smallest absolute Gasteiger partial charge is 0.0299 e. The SMILES string of the molecule is Cc1cc(C)c(CC(NN)C(C)(C)C)c(C)c1. The molecule has 0 aliphatic rings. The Kier molecular flexibility index (Phi) is 4.34. The van der Waals surface area contributed by atoms with Crippen molar-refractivity contribution in [3.63, 3.8) is 0 Å². The second-order valence-corrected chi connectivity index (χ2v) is 6.17. The van der Waals surface area contributed by atoms with Gasteiger partial charge in [0.15, 0.2) is 0 Å². The summed E-state index contributed by atoms with van der Waals surface area (Å²) >= 11 is 0. The van der Waals surface area contributed by atoms with Gasteiger partial charge >= 0.3 is 0 Å². The zero-order valence-electron chi connectivity index (χ0n) is 12.0. The highest BCUT2D eigenvalue weighted by Crippen LogP contribution is 2.25. The third-order valence-electron chi connectivity index (χ3n) is 3.50. The van der Waals surface area contributed by atoms with E-state index in [-0.39, 0.29) is 5.41 Å². The van der Waals surface area contributed by atoms with E-state index in [1.807, 2.05) is 0 Å². The summed E-state index contributed by atoms with van der Waals surface area (Å²) in [6.07, 6.45) is 0.984. The van der Waals surface area contributed by atoms with Crippen LogP contribution in [0.25, 0.3) is 0 Å². The Morgan fingerprint density at radius 2 is 1.59 bits per heavy atom. The van der Waals surface area contributed by atoms with Gasteiger partial charge in [-0.2, -0.15) is 0 Å². The lowest BCUT2D eigenvalue weighted by molar-refractivity contribution is 0.268. The highest BCUT2D eigenvalue weighted by Gasteiger charge is 2.24. The molecule has 0 aliphatic heterocycles. The minimum absolute atomic E-state index is 0.165. The predicted octanol–water partition coefficient (Wildman–Crippen LogP) is 3.03. The van der Waals surface area contributed by atoms with Crippen molar-refractivity contribution in [1.29, 1.82) is 0 Å². The van der Waals surface area contributed by atoms with E-state index in [4.69, 9.17) is 5.84 Å². The van der Waals surface area contributed by atoms with Crippen LogP contribution in [0, 0.1) is 26.2 Å². The van der Waals surface area contributed by atoms with Crippen LogP contribution in [-0.4, -0.2) is 6.04 Å². The first-order valence-electron chi connectivity index (χ1n) is 6.28. The van der Waals surface area contributed by atoms with Gasteiger partial charge in [0.05, 0.1) is 0 Å². The maximum absolute atomic E-state index is 5.69. The van der Waals surface area contributed by atoms with Crippen molar-refractivity contribution in [2.45, 2.75) is 54.0 Å². The third-order valence-corrected chi connectivity index (χ3v) is 3.50. The second-order valence-electron chi connectivity index (χ2n) is 6.17. The van der Waals surface area contributed by atoms with Crippen molar-refractivity contribution in [3.8, 4) is 0 Å². The molecule has 1 rings (SSSR count). The molecule has 0 radical (unpaired) electrons. The molecule has 0 amide bonds. The number of hydrogen-bond donors (Lipinski definition) is 2. The molecule has 3 N–H and O–H groups in total. The molecule has 0 spiro atoms. The average Bonchev–Trinajstić information content (AvgIpc) is 2.14. The van der Waals surface area contributed by atoms with Gasteiger partial charge in [-0.3, -0.25) is 11.3 Å². The Morgan fingerprint density at radius 1 is 1.12 bits per heavy atom. The third kappa shape index (κ3) is 3.55. The van der Waals surface area contributed by atoms with E-state index in [9.17, 15) is 0 Å². The maximum Gasteiger partial charge on any atom is 0.0299 e. The topological polar surface area (TPSA) is 38.0 Å². The van der Waals surface area contributed by atoms with Gasteiger partial charge in [0, 0.05) is 6.04 Å². The lowest BCUT2D eigenvalue weighted by atomic mass is 9.81. The first kappa shape index (κ1) is 14.2. The van der Waals surface area contributed by atoms with Crippen LogP contribution in [0.1, 0.15) is 43.0 Å². The molecule has 1 unspecified atom stereocenters. The van der Waals surface area contributed by atoms with E-state index < -0.39 is 0 Å². The van der Waals surface area contributed by atoms with Gasteiger partial charge in [-0.25, -0.2) is 0 Å². The molecule has 0 heterocycles. The van der Waals surface area contributed by atoms with Crippen molar-refractivity contribution in [2.24, 2.45) is 11.3 Å². The summed E-state index contributed by atoms with van der Waals surface area (Å²) in [4.78, 5) is 0. The largest absolute Gasteiger partial charge is 0.271 e. The van der Waals surface area contributed by atoms with E-state index in [1.165, 1.54) is 22.3 Å². The summed E-state index contributed by atoms with van der Waals surface area (Å²) < 4.78 is 0.